The Hall–Kier alpha value is -1.68. The van der Waals surface area contributed by atoms with Gasteiger partial charge in [0.1, 0.15) is 17.4 Å². The third-order valence-corrected chi connectivity index (χ3v) is 2.34. The SMILES string of the molecule is CCOC(=O)c1c(C#N)cc(Br)cc1OC(F)F. The molecule has 0 spiro atoms. The van der Waals surface area contributed by atoms with Crippen molar-refractivity contribution in [2.45, 2.75) is 13.5 Å². The van der Waals surface area contributed by atoms with Crippen LogP contribution in [0.4, 0.5) is 8.78 Å². The molecular weight excluding hydrogens is 312 g/mol. The Bertz CT molecular complexity index is 500. The summed E-state index contributed by atoms with van der Waals surface area (Å²) in [6.07, 6.45) is 0. The zero-order valence-electron chi connectivity index (χ0n) is 9.25. The van der Waals surface area contributed by atoms with Crippen LogP contribution in [-0.2, 0) is 4.74 Å². The molecule has 0 aliphatic rings. The van der Waals surface area contributed by atoms with Crippen LogP contribution in [0.3, 0.4) is 0 Å². The summed E-state index contributed by atoms with van der Waals surface area (Å²) in [6.45, 7) is -1.47. The Kier molecular flexibility index (Phi) is 5.04. The van der Waals surface area contributed by atoms with E-state index in [1.807, 2.05) is 0 Å². The van der Waals surface area contributed by atoms with E-state index in [1.165, 1.54) is 12.1 Å². The molecule has 0 aromatic heterocycles. The highest BCUT2D eigenvalue weighted by Gasteiger charge is 2.22. The van der Waals surface area contributed by atoms with Crippen LogP contribution in [0.25, 0.3) is 0 Å². The van der Waals surface area contributed by atoms with E-state index < -0.39 is 18.3 Å². The lowest BCUT2D eigenvalue weighted by Crippen LogP contribution is -2.12. The summed E-state index contributed by atoms with van der Waals surface area (Å²) in [5, 5.41) is 8.90. The fraction of sp³-hybridized carbons (Fsp3) is 0.273. The van der Waals surface area contributed by atoms with Crippen LogP contribution in [0, 0.1) is 11.3 Å². The van der Waals surface area contributed by atoms with Crippen molar-refractivity contribution in [1.82, 2.24) is 0 Å². The van der Waals surface area contributed by atoms with Gasteiger partial charge in [-0.15, -0.1) is 0 Å². The minimum Gasteiger partial charge on any atom is -0.462 e. The minimum atomic E-state index is -3.10. The quantitative estimate of drug-likeness (QED) is 0.800. The van der Waals surface area contributed by atoms with Crippen LogP contribution >= 0.6 is 15.9 Å². The van der Waals surface area contributed by atoms with Crippen molar-refractivity contribution in [2.24, 2.45) is 0 Å². The molecule has 1 aromatic carbocycles. The molecular formula is C11H8BrF2NO3. The first-order valence-corrected chi connectivity index (χ1v) is 5.64. The number of ether oxygens (including phenoxy) is 2. The Balaban J connectivity index is 3.33. The van der Waals surface area contributed by atoms with Gasteiger partial charge in [-0.1, -0.05) is 15.9 Å². The maximum absolute atomic E-state index is 12.2. The van der Waals surface area contributed by atoms with Crippen molar-refractivity contribution >= 4 is 21.9 Å². The number of carbonyl (C=O) groups excluding carboxylic acids is 1. The van der Waals surface area contributed by atoms with E-state index >= 15 is 0 Å². The number of nitrogens with zero attached hydrogens (tertiary/aromatic N) is 1. The largest absolute Gasteiger partial charge is 0.462 e. The van der Waals surface area contributed by atoms with E-state index in [0.717, 1.165) is 0 Å². The number of rotatable bonds is 4. The molecule has 4 nitrogen and oxygen atoms in total. The number of carbonyl (C=O) groups is 1. The van der Waals surface area contributed by atoms with Gasteiger partial charge < -0.3 is 9.47 Å². The van der Waals surface area contributed by atoms with E-state index in [0.29, 0.717) is 4.47 Å². The number of halogens is 3. The molecule has 0 saturated heterocycles. The third kappa shape index (κ3) is 3.40. The van der Waals surface area contributed by atoms with Gasteiger partial charge in [-0.2, -0.15) is 14.0 Å². The van der Waals surface area contributed by atoms with E-state index in [4.69, 9.17) is 10.00 Å². The van der Waals surface area contributed by atoms with Gasteiger partial charge in [-0.3, -0.25) is 0 Å². The number of hydrogen-bond donors (Lipinski definition) is 0. The standard InChI is InChI=1S/C11H8BrF2NO3/c1-2-17-10(16)9-6(5-15)3-7(12)4-8(9)18-11(13)14/h3-4,11H,2H2,1H3. The molecule has 96 valence electrons. The third-order valence-electron chi connectivity index (χ3n) is 1.88. The van der Waals surface area contributed by atoms with Crippen LogP contribution in [0.2, 0.25) is 0 Å². The summed E-state index contributed by atoms with van der Waals surface area (Å²) in [5.74, 6) is -1.27. The molecule has 0 bridgehead atoms. The fourth-order valence-electron chi connectivity index (χ4n) is 1.27. The summed E-state index contributed by atoms with van der Waals surface area (Å²) in [5.41, 5.74) is -0.402. The monoisotopic (exact) mass is 319 g/mol. The second kappa shape index (κ2) is 6.31. The number of nitriles is 1. The first-order chi connectivity index (χ1) is 8.49. The maximum Gasteiger partial charge on any atom is 0.387 e. The Morgan fingerprint density at radius 2 is 2.22 bits per heavy atom. The summed E-state index contributed by atoms with van der Waals surface area (Å²) in [4.78, 5) is 11.6. The van der Waals surface area contributed by atoms with Crippen LogP contribution in [0.1, 0.15) is 22.8 Å². The molecule has 0 aliphatic carbocycles. The average molecular weight is 320 g/mol. The van der Waals surface area contributed by atoms with Crippen LogP contribution in [0.15, 0.2) is 16.6 Å². The molecule has 0 N–H and O–H groups in total. The van der Waals surface area contributed by atoms with Crippen LogP contribution < -0.4 is 4.74 Å². The molecule has 0 heterocycles. The Labute approximate surface area is 110 Å². The van der Waals surface area contributed by atoms with Crippen molar-refractivity contribution in [3.8, 4) is 11.8 Å². The highest BCUT2D eigenvalue weighted by atomic mass is 79.9. The van der Waals surface area contributed by atoms with Gasteiger partial charge in [0.25, 0.3) is 0 Å². The summed E-state index contributed by atoms with van der Waals surface area (Å²) >= 11 is 3.04. The lowest BCUT2D eigenvalue weighted by Gasteiger charge is -2.11. The van der Waals surface area contributed by atoms with Gasteiger partial charge in [0.05, 0.1) is 12.2 Å². The Morgan fingerprint density at radius 3 is 2.72 bits per heavy atom. The van der Waals surface area contributed by atoms with Crippen molar-refractivity contribution < 1.29 is 23.0 Å². The van der Waals surface area contributed by atoms with Gasteiger partial charge in [-0.25, -0.2) is 4.79 Å². The molecule has 1 aromatic rings. The van der Waals surface area contributed by atoms with Crippen molar-refractivity contribution in [1.29, 1.82) is 5.26 Å². The molecule has 0 saturated carbocycles. The van der Waals surface area contributed by atoms with Gasteiger partial charge in [-0.05, 0) is 19.1 Å². The normalized spacial score (nSPS) is 10.0. The van der Waals surface area contributed by atoms with Crippen molar-refractivity contribution in [3.05, 3.63) is 27.7 Å². The van der Waals surface area contributed by atoms with Gasteiger partial charge in [0.15, 0.2) is 0 Å². The number of hydrogen-bond acceptors (Lipinski definition) is 4. The smallest absolute Gasteiger partial charge is 0.387 e. The summed E-state index contributed by atoms with van der Waals surface area (Å²) < 4.78 is 33.8. The van der Waals surface area contributed by atoms with Crippen molar-refractivity contribution in [2.75, 3.05) is 6.61 Å². The maximum atomic E-state index is 12.2. The molecule has 0 radical (unpaired) electrons. The number of alkyl halides is 2. The summed E-state index contributed by atoms with van der Waals surface area (Å²) in [6, 6.07) is 4.24. The Morgan fingerprint density at radius 1 is 1.56 bits per heavy atom. The minimum absolute atomic E-state index is 0.0634. The number of benzene rings is 1. The van der Waals surface area contributed by atoms with Gasteiger partial charge >= 0.3 is 12.6 Å². The van der Waals surface area contributed by atoms with Crippen LogP contribution in [0.5, 0.6) is 5.75 Å². The summed E-state index contributed by atoms with van der Waals surface area (Å²) in [7, 11) is 0. The second-order valence-electron chi connectivity index (χ2n) is 3.04. The lowest BCUT2D eigenvalue weighted by molar-refractivity contribution is -0.0505. The highest BCUT2D eigenvalue weighted by Crippen LogP contribution is 2.29. The number of esters is 1. The first kappa shape index (κ1) is 14.4. The molecule has 0 aliphatic heterocycles. The van der Waals surface area contributed by atoms with Gasteiger partial charge in [0, 0.05) is 4.47 Å². The fourth-order valence-corrected chi connectivity index (χ4v) is 1.71. The van der Waals surface area contributed by atoms with E-state index in [9.17, 15) is 13.6 Å². The second-order valence-corrected chi connectivity index (χ2v) is 3.95. The zero-order valence-corrected chi connectivity index (χ0v) is 10.8. The van der Waals surface area contributed by atoms with Crippen LogP contribution in [-0.4, -0.2) is 19.2 Å². The molecule has 18 heavy (non-hydrogen) atoms. The first-order valence-electron chi connectivity index (χ1n) is 4.85. The van der Waals surface area contributed by atoms with Gasteiger partial charge in [0.2, 0.25) is 0 Å². The lowest BCUT2D eigenvalue weighted by atomic mass is 10.1. The topological polar surface area (TPSA) is 59.3 Å². The molecule has 0 amide bonds. The van der Waals surface area contributed by atoms with Crippen molar-refractivity contribution in [3.63, 3.8) is 0 Å². The van der Waals surface area contributed by atoms with E-state index in [2.05, 4.69) is 20.7 Å². The molecule has 7 heteroatoms. The molecule has 0 fully saturated rings. The predicted molar refractivity (Wildman–Crippen MR) is 61.4 cm³/mol. The van der Waals surface area contributed by atoms with E-state index in [-0.39, 0.29) is 17.7 Å². The zero-order chi connectivity index (χ0) is 13.7. The molecule has 0 unspecified atom stereocenters. The molecule has 0 atom stereocenters. The average Bonchev–Trinajstić information content (AvgIpc) is 2.27. The highest BCUT2D eigenvalue weighted by molar-refractivity contribution is 9.10. The molecule has 1 rings (SSSR count). The van der Waals surface area contributed by atoms with E-state index in [1.54, 1.807) is 13.0 Å². The predicted octanol–water partition coefficient (Wildman–Crippen LogP) is 3.10.